The van der Waals surface area contributed by atoms with Crippen molar-refractivity contribution in [1.29, 1.82) is 0 Å². The van der Waals surface area contributed by atoms with E-state index < -0.39 is 9.84 Å². The zero-order valence-corrected chi connectivity index (χ0v) is 12.9. The molecular weight excluding hydrogens is 234 g/mol. The molecule has 0 bridgehead atoms. The fourth-order valence-corrected chi connectivity index (χ4v) is 2.77. The van der Waals surface area contributed by atoms with Crippen LogP contribution in [0.2, 0.25) is 0 Å². The highest BCUT2D eigenvalue weighted by Gasteiger charge is 2.23. The maximum absolute atomic E-state index is 12.0. The highest BCUT2D eigenvalue weighted by Crippen LogP contribution is 2.10. The second-order valence-corrected chi connectivity index (χ2v) is 8.04. The monoisotopic (exact) mass is 263 g/mol. The largest absolute Gasteiger partial charge is 0.311 e. The van der Waals surface area contributed by atoms with Gasteiger partial charge in [0.05, 0.1) is 11.0 Å². The molecule has 0 amide bonds. The van der Waals surface area contributed by atoms with E-state index in [0.717, 1.165) is 25.7 Å². The lowest BCUT2D eigenvalue weighted by molar-refractivity contribution is 0.377. The van der Waals surface area contributed by atoms with Crippen molar-refractivity contribution in [3.05, 3.63) is 0 Å². The summed E-state index contributed by atoms with van der Waals surface area (Å²) in [5, 5.41) is 3.04. The van der Waals surface area contributed by atoms with Crippen LogP contribution in [0.15, 0.2) is 0 Å². The van der Waals surface area contributed by atoms with Crippen molar-refractivity contribution in [1.82, 2.24) is 5.32 Å². The summed E-state index contributed by atoms with van der Waals surface area (Å²) in [4.78, 5) is 0. The Kier molecular flexibility index (Phi) is 7.33. The number of sulfone groups is 1. The molecule has 0 aromatic rings. The Bertz CT molecular complexity index is 297. The number of rotatable bonds is 9. The topological polar surface area (TPSA) is 46.2 Å². The molecule has 0 aliphatic heterocycles. The van der Waals surface area contributed by atoms with Crippen LogP contribution in [0.1, 0.15) is 60.3 Å². The molecule has 104 valence electrons. The van der Waals surface area contributed by atoms with Crippen molar-refractivity contribution in [2.45, 2.75) is 71.1 Å². The van der Waals surface area contributed by atoms with Gasteiger partial charge < -0.3 is 5.32 Å². The van der Waals surface area contributed by atoms with Crippen molar-refractivity contribution >= 4 is 9.84 Å². The minimum absolute atomic E-state index is 0.0210. The standard InChI is InChI=1S/C13H29NO2S/c1-6-8-9-10-17(15,16)12(3)11-14-13(4,5)7-2/h12,14H,6-11H2,1-5H3. The van der Waals surface area contributed by atoms with E-state index in [-0.39, 0.29) is 10.8 Å². The van der Waals surface area contributed by atoms with Gasteiger partial charge in [0.15, 0.2) is 9.84 Å². The van der Waals surface area contributed by atoms with E-state index in [0.29, 0.717) is 12.3 Å². The van der Waals surface area contributed by atoms with Crippen LogP contribution in [0.3, 0.4) is 0 Å². The van der Waals surface area contributed by atoms with E-state index in [9.17, 15) is 8.42 Å². The second kappa shape index (κ2) is 7.37. The first-order valence-electron chi connectivity index (χ1n) is 6.71. The Morgan fingerprint density at radius 1 is 1.18 bits per heavy atom. The molecule has 0 fully saturated rings. The maximum atomic E-state index is 12.0. The van der Waals surface area contributed by atoms with E-state index in [4.69, 9.17) is 0 Å². The fraction of sp³-hybridized carbons (Fsp3) is 1.00. The summed E-state index contributed by atoms with van der Waals surface area (Å²) < 4.78 is 23.9. The van der Waals surface area contributed by atoms with Crippen molar-refractivity contribution in [2.24, 2.45) is 0 Å². The summed E-state index contributed by atoms with van der Waals surface area (Å²) in [7, 11) is -2.93. The van der Waals surface area contributed by atoms with Crippen LogP contribution >= 0.6 is 0 Å². The lowest BCUT2D eigenvalue weighted by Crippen LogP contribution is -2.44. The highest BCUT2D eigenvalue weighted by molar-refractivity contribution is 7.92. The van der Waals surface area contributed by atoms with Crippen LogP contribution < -0.4 is 5.32 Å². The van der Waals surface area contributed by atoms with Crippen molar-refractivity contribution in [3.63, 3.8) is 0 Å². The third-order valence-corrected chi connectivity index (χ3v) is 5.65. The van der Waals surface area contributed by atoms with Crippen LogP contribution in [-0.2, 0) is 9.84 Å². The molecule has 0 aliphatic rings. The minimum atomic E-state index is -2.93. The van der Waals surface area contributed by atoms with Crippen LogP contribution in [0.25, 0.3) is 0 Å². The molecule has 3 nitrogen and oxygen atoms in total. The third-order valence-electron chi connectivity index (χ3n) is 3.40. The molecule has 0 rings (SSSR count). The van der Waals surface area contributed by atoms with E-state index in [1.807, 2.05) is 0 Å². The lowest BCUT2D eigenvalue weighted by atomic mass is 10.0. The molecule has 1 atom stereocenters. The van der Waals surface area contributed by atoms with Crippen molar-refractivity contribution in [2.75, 3.05) is 12.3 Å². The van der Waals surface area contributed by atoms with Crippen molar-refractivity contribution < 1.29 is 8.42 Å². The number of hydrogen-bond donors (Lipinski definition) is 1. The summed E-state index contributed by atoms with van der Waals surface area (Å²) in [5.41, 5.74) is 0.0210. The molecule has 1 unspecified atom stereocenters. The lowest BCUT2D eigenvalue weighted by Gasteiger charge is -2.26. The van der Waals surface area contributed by atoms with Crippen LogP contribution in [0.4, 0.5) is 0 Å². The maximum Gasteiger partial charge on any atom is 0.154 e. The Labute approximate surface area is 107 Å². The first kappa shape index (κ1) is 16.9. The van der Waals surface area contributed by atoms with E-state index in [2.05, 4.69) is 33.0 Å². The summed E-state index contributed by atoms with van der Waals surface area (Å²) in [6.07, 6.45) is 3.85. The van der Waals surface area contributed by atoms with Crippen LogP contribution in [0, 0.1) is 0 Å². The van der Waals surface area contributed by atoms with E-state index in [1.165, 1.54) is 0 Å². The molecule has 0 saturated carbocycles. The summed E-state index contributed by atoms with van der Waals surface area (Å²) in [6.45, 7) is 10.7. The SMILES string of the molecule is CCCCCS(=O)(=O)C(C)CNC(C)(C)CC. The summed E-state index contributed by atoms with van der Waals surface area (Å²) in [6, 6.07) is 0. The van der Waals surface area contributed by atoms with Crippen molar-refractivity contribution in [3.8, 4) is 0 Å². The van der Waals surface area contributed by atoms with E-state index >= 15 is 0 Å². The van der Waals surface area contributed by atoms with Gasteiger partial charge >= 0.3 is 0 Å². The van der Waals surface area contributed by atoms with Crippen LogP contribution in [0.5, 0.6) is 0 Å². The molecular formula is C13H29NO2S. The number of nitrogens with one attached hydrogen (secondary N) is 1. The minimum Gasteiger partial charge on any atom is -0.311 e. The molecule has 4 heteroatoms. The molecule has 0 aromatic heterocycles. The van der Waals surface area contributed by atoms with Gasteiger partial charge in [-0.3, -0.25) is 0 Å². The molecule has 17 heavy (non-hydrogen) atoms. The van der Waals surface area contributed by atoms with Gasteiger partial charge in [-0.15, -0.1) is 0 Å². The Morgan fingerprint density at radius 2 is 1.76 bits per heavy atom. The van der Waals surface area contributed by atoms with Gasteiger partial charge in [0, 0.05) is 12.1 Å². The zero-order chi connectivity index (χ0) is 13.5. The average molecular weight is 263 g/mol. The predicted molar refractivity (Wildman–Crippen MR) is 75.1 cm³/mol. The first-order valence-corrected chi connectivity index (χ1v) is 8.43. The molecule has 0 radical (unpaired) electrons. The average Bonchev–Trinajstić information content (AvgIpc) is 2.26. The van der Waals surface area contributed by atoms with Crippen LogP contribution in [-0.4, -0.2) is 31.5 Å². The molecule has 0 aliphatic carbocycles. The Hall–Kier alpha value is -0.0900. The Morgan fingerprint density at radius 3 is 2.24 bits per heavy atom. The number of unbranched alkanes of at least 4 members (excludes halogenated alkanes) is 2. The number of hydrogen-bond acceptors (Lipinski definition) is 3. The van der Waals surface area contributed by atoms with Gasteiger partial charge in [-0.1, -0.05) is 26.7 Å². The summed E-state index contributed by atoms with van der Waals surface area (Å²) in [5.74, 6) is 0.330. The van der Waals surface area contributed by atoms with Gasteiger partial charge in [0.2, 0.25) is 0 Å². The predicted octanol–water partition coefficient (Wildman–Crippen LogP) is 2.76. The highest BCUT2D eigenvalue weighted by atomic mass is 32.2. The summed E-state index contributed by atoms with van der Waals surface area (Å²) >= 11 is 0. The Balaban J connectivity index is 4.16. The third kappa shape index (κ3) is 7.04. The van der Waals surface area contributed by atoms with Gasteiger partial charge in [-0.05, 0) is 33.6 Å². The van der Waals surface area contributed by atoms with Gasteiger partial charge in [0.1, 0.15) is 0 Å². The fourth-order valence-electron chi connectivity index (χ4n) is 1.43. The molecule has 0 spiro atoms. The second-order valence-electron chi connectivity index (χ2n) is 5.50. The normalized spacial score (nSPS) is 14.9. The van der Waals surface area contributed by atoms with Gasteiger partial charge in [-0.25, -0.2) is 8.42 Å². The molecule has 0 heterocycles. The first-order chi connectivity index (χ1) is 7.75. The zero-order valence-electron chi connectivity index (χ0n) is 12.0. The molecule has 0 aromatic carbocycles. The smallest absolute Gasteiger partial charge is 0.154 e. The molecule has 0 saturated heterocycles. The van der Waals surface area contributed by atoms with Gasteiger partial charge in [0.25, 0.3) is 0 Å². The quantitative estimate of drug-likeness (QED) is 0.651. The molecule has 1 N–H and O–H groups in total. The van der Waals surface area contributed by atoms with Gasteiger partial charge in [-0.2, -0.15) is 0 Å². The van der Waals surface area contributed by atoms with E-state index in [1.54, 1.807) is 6.92 Å².